The van der Waals surface area contributed by atoms with Gasteiger partial charge in [0.25, 0.3) is 5.91 Å². The molecule has 2 aliphatic rings. The number of methoxy groups -OCH3 is 1. The van der Waals surface area contributed by atoms with Crippen molar-refractivity contribution in [3.05, 3.63) is 86.1 Å². The molecule has 0 bridgehead atoms. The molecule has 6 rings (SSSR count). The minimum atomic E-state index is -0.249. The van der Waals surface area contributed by atoms with Crippen LogP contribution in [0.5, 0.6) is 5.75 Å². The summed E-state index contributed by atoms with van der Waals surface area (Å²) < 4.78 is 7.24. The van der Waals surface area contributed by atoms with Gasteiger partial charge in [-0.3, -0.25) is 9.59 Å². The van der Waals surface area contributed by atoms with Gasteiger partial charge < -0.3 is 19.5 Å². The molecule has 176 valence electrons. The van der Waals surface area contributed by atoms with Crippen LogP contribution < -0.4 is 15.5 Å². The Morgan fingerprint density at radius 2 is 2.03 bits per heavy atom. The first-order valence-corrected chi connectivity index (χ1v) is 13.2. The number of thioether (sulfide) groups is 1. The first kappa shape index (κ1) is 21.9. The molecule has 0 atom stereocenters. The van der Waals surface area contributed by atoms with E-state index in [2.05, 4.69) is 16.4 Å². The van der Waals surface area contributed by atoms with Crippen LogP contribution in [-0.4, -0.2) is 39.8 Å². The summed E-state index contributed by atoms with van der Waals surface area (Å²) in [6.07, 6.45) is 4.54. The number of pyridine rings is 1. The molecule has 0 aliphatic carbocycles. The summed E-state index contributed by atoms with van der Waals surface area (Å²) in [5.41, 5.74) is 3.84. The number of carbonyl (C=O) groups excluding carboxylic acids is 1. The van der Waals surface area contributed by atoms with Crippen LogP contribution in [0.1, 0.15) is 21.6 Å². The van der Waals surface area contributed by atoms with Crippen molar-refractivity contribution in [1.82, 2.24) is 14.5 Å². The number of rotatable bonds is 5. The lowest BCUT2D eigenvalue weighted by atomic mass is 10.1. The molecular formula is C26H22N4O3S2. The van der Waals surface area contributed by atoms with E-state index in [4.69, 9.17) is 4.74 Å². The molecule has 35 heavy (non-hydrogen) atoms. The van der Waals surface area contributed by atoms with Gasteiger partial charge in [-0.2, -0.15) is 0 Å². The normalized spacial score (nSPS) is 15.8. The molecule has 1 saturated heterocycles. The lowest BCUT2D eigenvalue weighted by molar-refractivity contribution is 0.0829. The second-order valence-electron chi connectivity index (χ2n) is 8.35. The smallest absolute Gasteiger partial charge is 0.264 e. The molecule has 9 heteroatoms. The summed E-state index contributed by atoms with van der Waals surface area (Å²) in [6.45, 7) is 1.35. The third-order valence-electron chi connectivity index (χ3n) is 6.24. The number of benzene rings is 2. The van der Waals surface area contributed by atoms with Crippen molar-refractivity contribution in [2.45, 2.75) is 13.0 Å². The highest BCUT2D eigenvalue weighted by Crippen LogP contribution is 2.33. The summed E-state index contributed by atoms with van der Waals surface area (Å²) in [5.74, 6) is 1.33. The fourth-order valence-corrected chi connectivity index (χ4v) is 6.24. The SMILES string of the molecule is COc1ccc(Nc2nc(/C=C3/SCCN3C(=O)c3cn4c5c(cccc5c3=O)CC4)cs2)cc1. The number of aryl methyl sites for hydroxylation is 2. The quantitative estimate of drug-likeness (QED) is 0.416. The molecule has 0 unspecified atom stereocenters. The second kappa shape index (κ2) is 8.90. The number of carbonyl (C=O) groups is 1. The van der Waals surface area contributed by atoms with Gasteiger partial charge >= 0.3 is 0 Å². The number of nitrogens with zero attached hydrogens (tertiary/aromatic N) is 3. The highest BCUT2D eigenvalue weighted by atomic mass is 32.2. The van der Waals surface area contributed by atoms with E-state index >= 15 is 0 Å². The fourth-order valence-electron chi connectivity index (χ4n) is 4.54. The molecular weight excluding hydrogens is 480 g/mol. The van der Waals surface area contributed by atoms with Gasteiger partial charge in [-0.25, -0.2) is 4.98 Å². The Kier molecular flexibility index (Phi) is 5.58. The van der Waals surface area contributed by atoms with Gasteiger partial charge in [0.1, 0.15) is 11.3 Å². The van der Waals surface area contributed by atoms with E-state index in [0.717, 1.165) is 51.5 Å². The molecule has 2 aromatic heterocycles. The van der Waals surface area contributed by atoms with Gasteiger partial charge in [-0.05, 0) is 48.4 Å². The monoisotopic (exact) mass is 502 g/mol. The van der Waals surface area contributed by atoms with Crippen molar-refractivity contribution in [1.29, 1.82) is 0 Å². The molecule has 0 spiro atoms. The van der Waals surface area contributed by atoms with Gasteiger partial charge in [0.2, 0.25) is 5.43 Å². The summed E-state index contributed by atoms with van der Waals surface area (Å²) in [4.78, 5) is 33.1. The third-order valence-corrected chi connectivity index (χ3v) is 8.04. The van der Waals surface area contributed by atoms with E-state index in [1.165, 1.54) is 16.9 Å². The van der Waals surface area contributed by atoms with Crippen molar-refractivity contribution in [2.75, 3.05) is 24.7 Å². The average molecular weight is 503 g/mol. The summed E-state index contributed by atoms with van der Waals surface area (Å²) in [7, 11) is 1.64. The Hall–Kier alpha value is -3.56. The predicted octanol–water partition coefficient (Wildman–Crippen LogP) is 4.95. The molecule has 2 aliphatic heterocycles. The number of nitrogens with one attached hydrogen (secondary N) is 1. The maximum absolute atomic E-state index is 13.5. The van der Waals surface area contributed by atoms with Gasteiger partial charge in [0.05, 0.1) is 23.3 Å². The summed E-state index contributed by atoms with van der Waals surface area (Å²) in [5, 5.41) is 7.44. The number of aromatic nitrogens is 2. The largest absolute Gasteiger partial charge is 0.497 e. The number of anilines is 2. The van der Waals surface area contributed by atoms with Crippen LogP contribution in [0.4, 0.5) is 10.8 Å². The Morgan fingerprint density at radius 3 is 2.86 bits per heavy atom. The molecule has 1 N–H and O–H groups in total. The first-order valence-electron chi connectivity index (χ1n) is 11.3. The standard InChI is InChI=1S/C26H22N4O3S2/c1-33-19-7-5-17(6-8-19)27-26-28-18(15-35-26)13-22-30(11-12-34-22)25(32)21-14-29-10-9-16-3-2-4-20(23(16)29)24(21)31/h2-8,13-15H,9-12H2,1H3,(H,27,28)/b22-13+. The Bertz CT molecular complexity index is 1540. The van der Waals surface area contributed by atoms with Crippen molar-refractivity contribution < 1.29 is 9.53 Å². The van der Waals surface area contributed by atoms with Gasteiger partial charge in [-0.15, -0.1) is 23.1 Å². The van der Waals surface area contributed by atoms with Gasteiger partial charge in [0, 0.05) is 41.5 Å². The lowest BCUT2D eigenvalue weighted by Gasteiger charge is -2.17. The van der Waals surface area contributed by atoms with E-state index < -0.39 is 0 Å². The Morgan fingerprint density at radius 1 is 1.17 bits per heavy atom. The molecule has 0 saturated carbocycles. The zero-order valence-electron chi connectivity index (χ0n) is 19.0. The lowest BCUT2D eigenvalue weighted by Crippen LogP contribution is -2.31. The highest BCUT2D eigenvalue weighted by molar-refractivity contribution is 8.03. The molecule has 7 nitrogen and oxygen atoms in total. The number of hydrogen-bond donors (Lipinski definition) is 1. The topological polar surface area (TPSA) is 76.5 Å². The zero-order chi connectivity index (χ0) is 23.9. The molecule has 4 heterocycles. The number of thiazole rings is 1. The van der Waals surface area contributed by atoms with E-state index in [9.17, 15) is 9.59 Å². The zero-order valence-corrected chi connectivity index (χ0v) is 20.6. The average Bonchev–Trinajstić information content (AvgIpc) is 3.63. The minimum Gasteiger partial charge on any atom is -0.497 e. The maximum atomic E-state index is 13.5. The molecule has 1 fully saturated rings. The number of hydrogen-bond acceptors (Lipinski definition) is 7. The maximum Gasteiger partial charge on any atom is 0.264 e. The highest BCUT2D eigenvalue weighted by Gasteiger charge is 2.29. The summed E-state index contributed by atoms with van der Waals surface area (Å²) in [6, 6.07) is 13.4. The van der Waals surface area contributed by atoms with Crippen LogP contribution >= 0.6 is 23.1 Å². The first-order chi connectivity index (χ1) is 17.1. The van der Waals surface area contributed by atoms with Crippen molar-refractivity contribution in [2.24, 2.45) is 0 Å². The van der Waals surface area contributed by atoms with E-state index in [1.807, 2.05) is 52.4 Å². The van der Waals surface area contributed by atoms with Crippen LogP contribution in [0, 0.1) is 0 Å². The van der Waals surface area contributed by atoms with E-state index in [0.29, 0.717) is 11.9 Å². The predicted molar refractivity (Wildman–Crippen MR) is 142 cm³/mol. The third kappa shape index (κ3) is 4.00. The van der Waals surface area contributed by atoms with E-state index in [1.54, 1.807) is 30.0 Å². The molecule has 2 aromatic carbocycles. The van der Waals surface area contributed by atoms with Crippen LogP contribution in [0.3, 0.4) is 0 Å². The van der Waals surface area contributed by atoms with Gasteiger partial charge in [-0.1, -0.05) is 12.1 Å². The minimum absolute atomic E-state index is 0.194. The van der Waals surface area contributed by atoms with E-state index in [-0.39, 0.29) is 16.9 Å². The van der Waals surface area contributed by atoms with Gasteiger partial charge in [0.15, 0.2) is 5.13 Å². The van der Waals surface area contributed by atoms with Crippen LogP contribution in [0.2, 0.25) is 0 Å². The molecule has 1 amide bonds. The van der Waals surface area contributed by atoms with Crippen LogP contribution in [-0.2, 0) is 13.0 Å². The van der Waals surface area contributed by atoms with Crippen molar-refractivity contribution in [3.8, 4) is 5.75 Å². The van der Waals surface area contributed by atoms with Crippen LogP contribution in [0.15, 0.2) is 63.9 Å². The number of amides is 1. The second-order valence-corrected chi connectivity index (χ2v) is 10.3. The van der Waals surface area contributed by atoms with Crippen molar-refractivity contribution in [3.63, 3.8) is 0 Å². The Labute approximate surface area is 210 Å². The van der Waals surface area contributed by atoms with Crippen LogP contribution in [0.25, 0.3) is 17.0 Å². The molecule has 0 radical (unpaired) electrons. The summed E-state index contributed by atoms with van der Waals surface area (Å²) >= 11 is 3.10. The Balaban J connectivity index is 1.26. The molecule has 4 aromatic rings. The van der Waals surface area contributed by atoms with Crippen molar-refractivity contribution >= 4 is 56.8 Å². The fraction of sp³-hybridized carbons (Fsp3) is 0.192. The number of para-hydroxylation sites is 1. The number of ether oxygens (including phenoxy) is 1.